The van der Waals surface area contributed by atoms with Gasteiger partial charge < -0.3 is 10.1 Å². The maximum atomic E-state index is 13.4. The standard InChI is InChI=1S/C13H19F2NO/c1-3-16-12(9-17-2)7-5-10-4-6-11(14)8-13(10)15/h4,6,8,12,16H,3,5,7,9H2,1-2H3. The van der Waals surface area contributed by atoms with Gasteiger partial charge in [0.25, 0.3) is 0 Å². The number of halogens is 2. The predicted octanol–water partition coefficient (Wildman–Crippen LogP) is 2.52. The van der Waals surface area contributed by atoms with Gasteiger partial charge in [0, 0.05) is 19.2 Å². The quantitative estimate of drug-likeness (QED) is 0.794. The van der Waals surface area contributed by atoms with Crippen LogP contribution in [0.15, 0.2) is 18.2 Å². The van der Waals surface area contributed by atoms with Gasteiger partial charge in [-0.3, -0.25) is 0 Å². The van der Waals surface area contributed by atoms with Crippen LogP contribution in [-0.2, 0) is 11.2 Å². The van der Waals surface area contributed by atoms with Gasteiger partial charge in [-0.25, -0.2) is 8.78 Å². The van der Waals surface area contributed by atoms with Gasteiger partial charge >= 0.3 is 0 Å². The van der Waals surface area contributed by atoms with Crippen LogP contribution < -0.4 is 5.32 Å². The Bertz CT molecular complexity index is 338. The number of rotatable bonds is 7. The zero-order valence-electron chi connectivity index (χ0n) is 10.3. The van der Waals surface area contributed by atoms with Crippen molar-refractivity contribution in [2.24, 2.45) is 0 Å². The fraction of sp³-hybridized carbons (Fsp3) is 0.538. The first-order chi connectivity index (χ1) is 8.17. The minimum atomic E-state index is -0.536. The molecule has 17 heavy (non-hydrogen) atoms. The SMILES string of the molecule is CCNC(CCc1ccc(F)cc1F)COC. The lowest BCUT2D eigenvalue weighted by molar-refractivity contribution is 0.163. The summed E-state index contributed by atoms with van der Waals surface area (Å²) in [6.45, 7) is 3.46. The van der Waals surface area contributed by atoms with E-state index in [9.17, 15) is 8.78 Å². The number of methoxy groups -OCH3 is 1. The van der Waals surface area contributed by atoms with Crippen molar-refractivity contribution in [3.63, 3.8) is 0 Å². The molecule has 1 atom stereocenters. The fourth-order valence-corrected chi connectivity index (χ4v) is 1.79. The zero-order valence-corrected chi connectivity index (χ0v) is 10.3. The molecule has 0 aliphatic heterocycles. The molecule has 4 heteroatoms. The predicted molar refractivity (Wildman–Crippen MR) is 64.0 cm³/mol. The maximum Gasteiger partial charge on any atom is 0.129 e. The Morgan fingerprint density at radius 3 is 2.71 bits per heavy atom. The van der Waals surface area contributed by atoms with Crippen molar-refractivity contribution in [1.82, 2.24) is 5.32 Å². The summed E-state index contributed by atoms with van der Waals surface area (Å²) in [7, 11) is 1.64. The maximum absolute atomic E-state index is 13.4. The van der Waals surface area contributed by atoms with Crippen LogP contribution >= 0.6 is 0 Å². The van der Waals surface area contributed by atoms with Crippen LogP contribution in [0, 0.1) is 11.6 Å². The number of ether oxygens (including phenoxy) is 1. The third-order valence-corrected chi connectivity index (χ3v) is 2.64. The lowest BCUT2D eigenvalue weighted by Crippen LogP contribution is -2.33. The lowest BCUT2D eigenvalue weighted by atomic mass is 10.0. The molecule has 96 valence electrons. The van der Waals surface area contributed by atoms with Crippen LogP contribution in [0.5, 0.6) is 0 Å². The first-order valence-electron chi connectivity index (χ1n) is 5.83. The molecule has 1 rings (SSSR count). The molecule has 0 spiro atoms. The van der Waals surface area contributed by atoms with Gasteiger partial charge in [0.2, 0.25) is 0 Å². The van der Waals surface area contributed by atoms with Crippen LogP contribution in [0.3, 0.4) is 0 Å². The Hall–Kier alpha value is -1.00. The van der Waals surface area contributed by atoms with Crippen LogP contribution in [0.25, 0.3) is 0 Å². The van der Waals surface area contributed by atoms with E-state index in [2.05, 4.69) is 5.32 Å². The van der Waals surface area contributed by atoms with Crippen molar-refractivity contribution in [3.8, 4) is 0 Å². The van der Waals surface area contributed by atoms with Gasteiger partial charge in [-0.15, -0.1) is 0 Å². The molecule has 2 nitrogen and oxygen atoms in total. The molecule has 0 amide bonds. The Labute approximate surface area is 101 Å². The number of nitrogens with one attached hydrogen (secondary N) is 1. The number of aryl methyl sites for hydroxylation is 1. The van der Waals surface area contributed by atoms with Crippen molar-refractivity contribution in [1.29, 1.82) is 0 Å². The smallest absolute Gasteiger partial charge is 0.129 e. The summed E-state index contributed by atoms with van der Waals surface area (Å²) in [5, 5.41) is 3.26. The van der Waals surface area contributed by atoms with Crippen LogP contribution in [-0.4, -0.2) is 26.3 Å². The van der Waals surface area contributed by atoms with E-state index in [-0.39, 0.29) is 6.04 Å². The molecule has 0 fully saturated rings. The molecule has 0 aliphatic carbocycles. The molecule has 0 saturated carbocycles. The summed E-state index contributed by atoms with van der Waals surface area (Å²) in [4.78, 5) is 0. The van der Waals surface area contributed by atoms with E-state index >= 15 is 0 Å². The van der Waals surface area contributed by atoms with Crippen molar-refractivity contribution < 1.29 is 13.5 Å². The fourth-order valence-electron chi connectivity index (χ4n) is 1.79. The summed E-state index contributed by atoms with van der Waals surface area (Å²) in [6, 6.07) is 3.92. The molecule has 0 radical (unpaired) electrons. The van der Waals surface area contributed by atoms with Gasteiger partial charge in [-0.2, -0.15) is 0 Å². The minimum absolute atomic E-state index is 0.203. The van der Waals surface area contributed by atoms with Gasteiger partial charge in [-0.05, 0) is 31.0 Å². The van der Waals surface area contributed by atoms with Crippen molar-refractivity contribution >= 4 is 0 Å². The first-order valence-corrected chi connectivity index (χ1v) is 5.83. The Kier molecular flexibility index (Phi) is 6.08. The average Bonchev–Trinajstić information content (AvgIpc) is 2.28. The highest BCUT2D eigenvalue weighted by Crippen LogP contribution is 2.12. The number of likely N-dealkylation sites (N-methyl/N-ethyl adjacent to an activating group) is 1. The second-order valence-electron chi connectivity index (χ2n) is 3.98. The highest BCUT2D eigenvalue weighted by atomic mass is 19.1. The second kappa shape index (κ2) is 7.35. The third kappa shape index (κ3) is 4.79. The van der Waals surface area contributed by atoms with E-state index in [1.807, 2.05) is 6.92 Å². The van der Waals surface area contributed by atoms with Crippen molar-refractivity contribution in [2.75, 3.05) is 20.3 Å². The van der Waals surface area contributed by atoms with E-state index in [1.54, 1.807) is 7.11 Å². The molecular weight excluding hydrogens is 224 g/mol. The lowest BCUT2D eigenvalue weighted by Gasteiger charge is -2.16. The molecule has 0 bridgehead atoms. The minimum Gasteiger partial charge on any atom is -0.383 e. The summed E-state index contributed by atoms with van der Waals surface area (Å²) in [6.07, 6.45) is 1.34. The molecule has 0 heterocycles. The van der Waals surface area contributed by atoms with Crippen LogP contribution in [0.4, 0.5) is 8.78 Å². The van der Waals surface area contributed by atoms with E-state index in [0.29, 0.717) is 18.6 Å². The largest absolute Gasteiger partial charge is 0.383 e. The Morgan fingerprint density at radius 1 is 1.35 bits per heavy atom. The zero-order chi connectivity index (χ0) is 12.7. The Morgan fingerprint density at radius 2 is 2.12 bits per heavy atom. The normalized spacial score (nSPS) is 12.7. The van der Waals surface area contributed by atoms with Crippen molar-refractivity contribution in [2.45, 2.75) is 25.8 Å². The molecule has 1 aromatic rings. The molecule has 1 unspecified atom stereocenters. The van der Waals surface area contributed by atoms with Crippen molar-refractivity contribution in [3.05, 3.63) is 35.4 Å². The highest BCUT2D eigenvalue weighted by Gasteiger charge is 2.09. The summed E-state index contributed by atoms with van der Waals surface area (Å²) in [5.41, 5.74) is 0.547. The van der Waals surface area contributed by atoms with Crippen LogP contribution in [0.1, 0.15) is 18.9 Å². The monoisotopic (exact) mass is 243 g/mol. The molecule has 1 aromatic carbocycles. The first kappa shape index (κ1) is 14.1. The molecule has 1 N–H and O–H groups in total. The third-order valence-electron chi connectivity index (χ3n) is 2.64. The molecule has 0 saturated heterocycles. The average molecular weight is 243 g/mol. The van der Waals surface area contributed by atoms with E-state index < -0.39 is 11.6 Å². The second-order valence-corrected chi connectivity index (χ2v) is 3.98. The molecular formula is C13H19F2NO. The highest BCUT2D eigenvalue weighted by molar-refractivity contribution is 5.18. The molecule has 0 aromatic heterocycles. The van der Waals surface area contributed by atoms with E-state index in [0.717, 1.165) is 19.0 Å². The number of hydrogen-bond acceptors (Lipinski definition) is 2. The number of hydrogen-bond donors (Lipinski definition) is 1. The summed E-state index contributed by atoms with van der Waals surface area (Å²) in [5.74, 6) is -1.01. The van der Waals surface area contributed by atoms with Gasteiger partial charge in [0.05, 0.1) is 6.61 Å². The Balaban J connectivity index is 2.52. The number of benzene rings is 1. The van der Waals surface area contributed by atoms with E-state index in [1.165, 1.54) is 12.1 Å². The summed E-state index contributed by atoms with van der Waals surface area (Å²) >= 11 is 0. The molecule has 0 aliphatic rings. The van der Waals surface area contributed by atoms with E-state index in [4.69, 9.17) is 4.74 Å². The van der Waals surface area contributed by atoms with Gasteiger partial charge in [0.15, 0.2) is 0 Å². The topological polar surface area (TPSA) is 21.3 Å². The van der Waals surface area contributed by atoms with Gasteiger partial charge in [-0.1, -0.05) is 13.0 Å². The van der Waals surface area contributed by atoms with Crippen LogP contribution in [0.2, 0.25) is 0 Å². The summed E-state index contributed by atoms with van der Waals surface area (Å²) < 4.78 is 31.2. The van der Waals surface area contributed by atoms with Gasteiger partial charge in [0.1, 0.15) is 11.6 Å².